The molecule has 1 aliphatic heterocycles. The lowest BCUT2D eigenvalue weighted by molar-refractivity contribution is -0.139. The van der Waals surface area contributed by atoms with E-state index in [1.54, 1.807) is 6.20 Å². The van der Waals surface area contributed by atoms with Crippen molar-refractivity contribution in [1.29, 1.82) is 0 Å². The Kier molecular flexibility index (Phi) is 3.30. The van der Waals surface area contributed by atoms with E-state index in [-0.39, 0.29) is 6.04 Å². The number of aromatic amines is 1. The van der Waals surface area contributed by atoms with Crippen LogP contribution in [0.5, 0.6) is 0 Å². The summed E-state index contributed by atoms with van der Waals surface area (Å²) in [7, 11) is 0. The van der Waals surface area contributed by atoms with Gasteiger partial charge >= 0.3 is 5.97 Å². The molecule has 0 aliphatic carbocycles. The maximum absolute atomic E-state index is 11.8. The second-order valence-electron chi connectivity index (χ2n) is 6.67. The Balaban J connectivity index is 1.77. The number of hydrogen-bond donors (Lipinski definition) is 3. The van der Waals surface area contributed by atoms with Gasteiger partial charge in [0.25, 0.3) is 0 Å². The number of hydrogen-bond acceptors (Lipinski definition) is 3. The van der Waals surface area contributed by atoms with Crippen molar-refractivity contribution in [3.63, 3.8) is 0 Å². The van der Waals surface area contributed by atoms with E-state index in [1.165, 1.54) is 0 Å². The summed E-state index contributed by atoms with van der Waals surface area (Å²) < 4.78 is 0. The Morgan fingerprint density at radius 2 is 1.81 bits per heavy atom. The molecule has 26 heavy (non-hydrogen) atoms. The molecule has 2 unspecified atom stereocenters. The van der Waals surface area contributed by atoms with Gasteiger partial charge in [-0.25, -0.2) is 0 Å². The van der Waals surface area contributed by atoms with E-state index < -0.39 is 12.0 Å². The van der Waals surface area contributed by atoms with Crippen molar-refractivity contribution >= 4 is 27.8 Å². The summed E-state index contributed by atoms with van der Waals surface area (Å²) >= 11 is 0. The number of aromatic nitrogens is 2. The maximum Gasteiger partial charge on any atom is 0.321 e. The molecule has 2 aromatic carbocycles. The van der Waals surface area contributed by atoms with Gasteiger partial charge in [-0.15, -0.1) is 0 Å². The number of pyridine rings is 1. The number of para-hydroxylation sites is 2. The van der Waals surface area contributed by atoms with Gasteiger partial charge in [-0.1, -0.05) is 36.4 Å². The maximum atomic E-state index is 11.8. The van der Waals surface area contributed by atoms with Gasteiger partial charge in [-0.05, 0) is 29.3 Å². The molecule has 2 atom stereocenters. The third-order valence-electron chi connectivity index (χ3n) is 5.20. The largest absolute Gasteiger partial charge is 0.480 e. The summed E-state index contributed by atoms with van der Waals surface area (Å²) in [5.74, 6) is -0.829. The molecule has 4 aromatic rings. The number of nitrogens with one attached hydrogen (secondary N) is 2. The summed E-state index contributed by atoms with van der Waals surface area (Å²) in [6.07, 6.45) is 2.25. The number of rotatable bonds is 2. The van der Waals surface area contributed by atoms with Gasteiger partial charge in [-0.3, -0.25) is 15.1 Å². The van der Waals surface area contributed by atoms with Crippen LogP contribution >= 0.6 is 0 Å². The first-order valence-corrected chi connectivity index (χ1v) is 8.64. The van der Waals surface area contributed by atoms with Crippen molar-refractivity contribution in [2.24, 2.45) is 0 Å². The predicted octanol–water partition coefficient (Wildman–Crippen LogP) is 3.40. The van der Waals surface area contributed by atoms with E-state index in [0.717, 1.165) is 38.6 Å². The number of carbonyl (C=O) groups is 1. The molecular formula is C21H17N3O2. The number of benzene rings is 2. The minimum Gasteiger partial charge on any atom is -0.480 e. The van der Waals surface area contributed by atoms with Crippen LogP contribution in [-0.2, 0) is 11.2 Å². The third kappa shape index (κ3) is 2.21. The van der Waals surface area contributed by atoms with Gasteiger partial charge in [0.1, 0.15) is 6.04 Å². The molecule has 0 spiro atoms. The average molecular weight is 343 g/mol. The van der Waals surface area contributed by atoms with Gasteiger partial charge < -0.3 is 10.1 Å². The molecule has 128 valence electrons. The Morgan fingerprint density at radius 1 is 1.04 bits per heavy atom. The number of aliphatic carboxylic acids is 1. The van der Waals surface area contributed by atoms with Gasteiger partial charge in [0.15, 0.2) is 0 Å². The van der Waals surface area contributed by atoms with Gasteiger partial charge in [0.05, 0.1) is 11.6 Å². The summed E-state index contributed by atoms with van der Waals surface area (Å²) in [5, 5.41) is 15.1. The van der Waals surface area contributed by atoms with E-state index in [0.29, 0.717) is 6.42 Å². The lowest BCUT2D eigenvalue weighted by Crippen LogP contribution is -2.45. The fraction of sp³-hybridized carbons (Fsp3) is 0.143. The molecular weight excluding hydrogens is 326 g/mol. The lowest BCUT2D eigenvalue weighted by Gasteiger charge is -2.30. The SMILES string of the molecule is O=C(O)C1Cc2c([nH]c3ccccc23)C(c2ccnc3ccccc23)N1. The van der Waals surface area contributed by atoms with Crippen molar-refractivity contribution < 1.29 is 9.90 Å². The van der Waals surface area contributed by atoms with Crippen molar-refractivity contribution in [1.82, 2.24) is 15.3 Å². The summed E-state index contributed by atoms with van der Waals surface area (Å²) in [4.78, 5) is 19.7. The molecule has 0 radical (unpaired) electrons. The Bertz CT molecular complexity index is 1140. The fourth-order valence-electron chi connectivity index (χ4n) is 4.01. The Morgan fingerprint density at radius 3 is 2.65 bits per heavy atom. The molecule has 0 saturated heterocycles. The molecule has 1 aliphatic rings. The summed E-state index contributed by atoms with van der Waals surface area (Å²) in [5.41, 5.74) is 5.10. The van der Waals surface area contributed by atoms with Crippen LogP contribution in [-0.4, -0.2) is 27.1 Å². The molecule has 0 amide bonds. The first-order chi connectivity index (χ1) is 12.7. The van der Waals surface area contributed by atoms with Crippen LogP contribution < -0.4 is 5.32 Å². The molecule has 0 saturated carbocycles. The molecule has 5 heteroatoms. The van der Waals surface area contributed by atoms with E-state index >= 15 is 0 Å². The van der Waals surface area contributed by atoms with Crippen LogP contribution in [0.15, 0.2) is 60.8 Å². The molecule has 2 aromatic heterocycles. The van der Waals surface area contributed by atoms with Crippen molar-refractivity contribution in [3.05, 3.63) is 77.6 Å². The average Bonchev–Trinajstić information content (AvgIpc) is 3.05. The van der Waals surface area contributed by atoms with Gasteiger partial charge in [0.2, 0.25) is 0 Å². The van der Waals surface area contributed by atoms with Crippen LogP contribution in [0.1, 0.15) is 22.9 Å². The molecule has 5 rings (SSSR count). The van der Waals surface area contributed by atoms with Crippen molar-refractivity contribution in [2.45, 2.75) is 18.5 Å². The second-order valence-corrected chi connectivity index (χ2v) is 6.67. The first kappa shape index (κ1) is 15.1. The lowest BCUT2D eigenvalue weighted by atomic mass is 9.89. The van der Waals surface area contributed by atoms with E-state index in [1.807, 2.05) is 48.5 Å². The highest BCUT2D eigenvalue weighted by atomic mass is 16.4. The molecule has 3 heterocycles. The standard InChI is InChI=1S/C21H17N3O2/c25-21(26)18-11-15-13-6-2-4-8-17(13)23-20(15)19(24-18)14-9-10-22-16-7-3-1-5-12(14)16/h1-10,18-19,23-24H,11H2,(H,25,26). The highest BCUT2D eigenvalue weighted by Crippen LogP contribution is 2.37. The van der Waals surface area contributed by atoms with Crippen LogP contribution in [0.3, 0.4) is 0 Å². The molecule has 5 nitrogen and oxygen atoms in total. The Labute approximate surface area is 149 Å². The zero-order chi connectivity index (χ0) is 17.7. The van der Waals surface area contributed by atoms with Crippen molar-refractivity contribution in [3.8, 4) is 0 Å². The van der Waals surface area contributed by atoms with Gasteiger partial charge in [-0.2, -0.15) is 0 Å². The first-order valence-electron chi connectivity index (χ1n) is 8.64. The molecule has 0 bridgehead atoms. The topological polar surface area (TPSA) is 78.0 Å². The van der Waals surface area contributed by atoms with E-state index in [2.05, 4.69) is 21.4 Å². The Hall–Kier alpha value is -3.18. The van der Waals surface area contributed by atoms with Gasteiger partial charge in [0, 0.05) is 34.6 Å². The second kappa shape index (κ2) is 5.68. The normalized spacial score (nSPS) is 19.5. The zero-order valence-electron chi connectivity index (χ0n) is 13.9. The predicted molar refractivity (Wildman–Crippen MR) is 100 cm³/mol. The summed E-state index contributed by atoms with van der Waals surface area (Å²) in [6, 6.07) is 17.1. The zero-order valence-corrected chi connectivity index (χ0v) is 13.9. The number of carboxylic acids is 1. The number of H-pyrrole nitrogens is 1. The van der Waals surface area contributed by atoms with Crippen LogP contribution in [0.4, 0.5) is 0 Å². The molecule has 0 fully saturated rings. The minimum atomic E-state index is -0.829. The van der Waals surface area contributed by atoms with Crippen LogP contribution in [0, 0.1) is 0 Å². The van der Waals surface area contributed by atoms with E-state index in [9.17, 15) is 9.90 Å². The smallest absolute Gasteiger partial charge is 0.321 e. The highest BCUT2D eigenvalue weighted by molar-refractivity contribution is 5.88. The van der Waals surface area contributed by atoms with Crippen LogP contribution in [0.2, 0.25) is 0 Å². The number of fused-ring (bicyclic) bond motifs is 4. The quantitative estimate of drug-likeness (QED) is 0.521. The highest BCUT2D eigenvalue weighted by Gasteiger charge is 2.34. The summed E-state index contributed by atoms with van der Waals surface area (Å²) in [6.45, 7) is 0. The number of nitrogens with zero attached hydrogens (tertiary/aromatic N) is 1. The number of carboxylic acid groups (broad SMARTS) is 1. The fourth-order valence-corrected chi connectivity index (χ4v) is 4.01. The molecule has 3 N–H and O–H groups in total. The third-order valence-corrected chi connectivity index (χ3v) is 5.20. The minimum absolute atomic E-state index is 0.222. The monoisotopic (exact) mass is 343 g/mol. The van der Waals surface area contributed by atoms with Crippen molar-refractivity contribution in [2.75, 3.05) is 0 Å². The van der Waals surface area contributed by atoms with Crippen LogP contribution in [0.25, 0.3) is 21.8 Å². The van der Waals surface area contributed by atoms with E-state index in [4.69, 9.17) is 0 Å².